The van der Waals surface area contributed by atoms with Crippen molar-refractivity contribution in [3.63, 3.8) is 0 Å². The number of aromatic nitrogens is 3. The van der Waals surface area contributed by atoms with E-state index in [0.717, 1.165) is 11.1 Å². The lowest BCUT2D eigenvalue weighted by molar-refractivity contribution is -0.0447. The number of amides is 1. The zero-order chi connectivity index (χ0) is 23.0. The van der Waals surface area contributed by atoms with Crippen LogP contribution in [0.15, 0.2) is 30.5 Å². The fourth-order valence-corrected chi connectivity index (χ4v) is 3.80. The molecule has 0 radical (unpaired) electrons. The first-order valence-corrected chi connectivity index (χ1v) is 10.6. The number of nitrogens with zero attached hydrogens (tertiary/aromatic N) is 4. The lowest BCUT2D eigenvalue weighted by atomic mass is 10.0. The van der Waals surface area contributed by atoms with Gasteiger partial charge in [0.05, 0.1) is 30.7 Å². The molecule has 0 unspecified atom stereocenters. The number of ether oxygens (including phenoxy) is 2. The molecule has 1 amide bonds. The smallest absolute Gasteiger partial charge is 0.410 e. The second kappa shape index (κ2) is 8.35. The molecule has 1 aliphatic rings. The summed E-state index contributed by atoms with van der Waals surface area (Å²) in [6.45, 7) is 10.6. The van der Waals surface area contributed by atoms with E-state index in [2.05, 4.69) is 15.0 Å². The van der Waals surface area contributed by atoms with Crippen LogP contribution in [0.1, 0.15) is 43.7 Å². The van der Waals surface area contributed by atoms with Crippen molar-refractivity contribution in [1.82, 2.24) is 19.9 Å². The van der Waals surface area contributed by atoms with E-state index in [-0.39, 0.29) is 11.8 Å². The van der Waals surface area contributed by atoms with Gasteiger partial charge in [0.15, 0.2) is 5.65 Å². The van der Waals surface area contributed by atoms with Crippen molar-refractivity contribution >= 4 is 17.3 Å². The molecule has 1 aliphatic heterocycles. The number of benzene rings is 1. The van der Waals surface area contributed by atoms with Gasteiger partial charge in [0.2, 0.25) is 0 Å². The van der Waals surface area contributed by atoms with Crippen molar-refractivity contribution < 1.29 is 19.4 Å². The summed E-state index contributed by atoms with van der Waals surface area (Å²) in [5.74, 6) is 0.182. The Labute approximate surface area is 187 Å². The van der Waals surface area contributed by atoms with Crippen LogP contribution in [0.3, 0.4) is 0 Å². The fraction of sp³-hybridized carbons (Fsp3) is 0.417. The molecule has 8 nitrogen and oxygen atoms in total. The zero-order valence-corrected chi connectivity index (χ0v) is 19.0. The van der Waals surface area contributed by atoms with Gasteiger partial charge in [0, 0.05) is 12.1 Å². The average Bonchev–Trinajstić information content (AvgIpc) is 2.71. The molecule has 32 heavy (non-hydrogen) atoms. The Morgan fingerprint density at radius 1 is 1.22 bits per heavy atom. The Balaban J connectivity index is 1.63. The monoisotopic (exact) mass is 436 g/mol. The average molecular weight is 437 g/mol. The molecule has 8 heteroatoms. The lowest BCUT2D eigenvalue weighted by Crippen LogP contribution is -2.44. The molecule has 168 valence electrons. The Kier molecular flexibility index (Phi) is 5.73. The summed E-state index contributed by atoms with van der Waals surface area (Å²) in [5, 5.41) is 10.5. The van der Waals surface area contributed by atoms with Gasteiger partial charge >= 0.3 is 6.09 Å². The van der Waals surface area contributed by atoms with Crippen molar-refractivity contribution in [2.24, 2.45) is 0 Å². The van der Waals surface area contributed by atoms with E-state index in [1.807, 2.05) is 52.8 Å². The minimum absolute atomic E-state index is 0.182. The van der Waals surface area contributed by atoms with Crippen molar-refractivity contribution in [3.8, 4) is 17.0 Å². The molecule has 1 atom stereocenters. The molecule has 3 heterocycles. The number of phenols is 1. The first-order chi connectivity index (χ1) is 15.1. The van der Waals surface area contributed by atoms with E-state index >= 15 is 0 Å². The van der Waals surface area contributed by atoms with E-state index in [4.69, 9.17) is 9.47 Å². The van der Waals surface area contributed by atoms with Crippen molar-refractivity contribution in [3.05, 3.63) is 47.3 Å². The van der Waals surface area contributed by atoms with E-state index in [1.54, 1.807) is 17.2 Å². The first kappa shape index (κ1) is 22.0. The van der Waals surface area contributed by atoms with Gasteiger partial charge in [-0.2, -0.15) is 0 Å². The highest BCUT2D eigenvalue weighted by Crippen LogP contribution is 2.33. The van der Waals surface area contributed by atoms with E-state index in [1.165, 1.54) is 0 Å². The van der Waals surface area contributed by atoms with E-state index < -0.39 is 11.7 Å². The maximum absolute atomic E-state index is 12.5. The van der Waals surface area contributed by atoms with Crippen LogP contribution >= 0.6 is 0 Å². The van der Waals surface area contributed by atoms with Gasteiger partial charge in [-0.25, -0.2) is 14.8 Å². The van der Waals surface area contributed by atoms with E-state index in [0.29, 0.717) is 47.8 Å². The zero-order valence-electron chi connectivity index (χ0n) is 19.0. The number of hydrogen-bond donors (Lipinski definition) is 1. The molecule has 3 aromatic rings. The topological polar surface area (TPSA) is 97.7 Å². The summed E-state index contributed by atoms with van der Waals surface area (Å²) in [7, 11) is 0. The highest BCUT2D eigenvalue weighted by atomic mass is 16.6. The van der Waals surface area contributed by atoms with Crippen LogP contribution in [-0.4, -0.2) is 56.3 Å². The number of fused-ring (bicyclic) bond motifs is 1. The Bertz CT molecular complexity index is 1150. The number of carbonyl (C=O) groups is 1. The number of aryl methyl sites for hydroxylation is 2. The second-order valence-corrected chi connectivity index (χ2v) is 9.10. The van der Waals surface area contributed by atoms with Gasteiger partial charge in [-0.15, -0.1) is 0 Å². The molecule has 2 aromatic heterocycles. The van der Waals surface area contributed by atoms with Gasteiger partial charge < -0.3 is 19.5 Å². The van der Waals surface area contributed by atoms with Crippen LogP contribution in [0.2, 0.25) is 0 Å². The number of phenolic OH excluding ortho intramolecular Hbond substituents is 1. The molecule has 4 rings (SSSR count). The molecule has 0 aliphatic carbocycles. The third-order valence-corrected chi connectivity index (χ3v) is 5.19. The molecule has 1 saturated heterocycles. The summed E-state index contributed by atoms with van der Waals surface area (Å²) in [5.41, 5.74) is 4.35. The van der Waals surface area contributed by atoms with Crippen molar-refractivity contribution in [2.45, 2.75) is 46.3 Å². The van der Waals surface area contributed by atoms with Gasteiger partial charge in [-0.1, -0.05) is 6.07 Å². The van der Waals surface area contributed by atoms with Crippen LogP contribution in [-0.2, 0) is 9.47 Å². The third kappa shape index (κ3) is 4.65. The third-order valence-electron chi connectivity index (χ3n) is 5.19. The molecule has 1 fully saturated rings. The van der Waals surface area contributed by atoms with Crippen LogP contribution in [0.25, 0.3) is 22.4 Å². The minimum Gasteiger partial charge on any atom is -0.507 e. The summed E-state index contributed by atoms with van der Waals surface area (Å²) >= 11 is 0. The Morgan fingerprint density at radius 3 is 2.72 bits per heavy atom. The molecular formula is C24H28N4O4. The normalized spacial score (nSPS) is 16.9. The lowest BCUT2D eigenvalue weighted by Gasteiger charge is -2.33. The number of rotatable bonds is 2. The first-order valence-electron chi connectivity index (χ1n) is 10.6. The summed E-state index contributed by atoms with van der Waals surface area (Å²) in [6.07, 6.45) is 0.861. The van der Waals surface area contributed by atoms with Crippen LogP contribution < -0.4 is 0 Å². The SMILES string of the molecule is Cc1cc(C)c(-c2ccc3ncc([C@H]4CN(C(=O)OC(C)(C)C)CCO4)nc3n2)c(O)c1. The quantitative estimate of drug-likeness (QED) is 0.639. The van der Waals surface area contributed by atoms with Gasteiger partial charge in [-0.3, -0.25) is 4.98 Å². The Morgan fingerprint density at radius 2 is 2.00 bits per heavy atom. The maximum atomic E-state index is 12.5. The van der Waals surface area contributed by atoms with Crippen molar-refractivity contribution in [1.29, 1.82) is 0 Å². The largest absolute Gasteiger partial charge is 0.507 e. The molecule has 1 aromatic carbocycles. The number of pyridine rings is 1. The summed E-state index contributed by atoms with van der Waals surface area (Å²) in [4.78, 5) is 27.9. The number of hydrogen-bond acceptors (Lipinski definition) is 7. The molecule has 0 bridgehead atoms. The highest BCUT2D eigenvalue weighted by Gasteiger charge is 2.30. The number of carbonyl (C=O) groups excluding carboxylic acids is 1. The van der Waals surface area contributed by atoms with Gasteiger partial charge in [-0.05, 0) is 63.9 Å². The standard InChI is InChI=1S/C24H28N4O4/c1-14-10-15(2)21(19(29)11-14)16-6-7-17-22(26-16)27-18(12-25-17)20-13-28(8-9-31-20)23(30)32-24(3,4)5/h6-7,10-12,20,29H,8-9,13H2,1-5H3/t20-/m1/s1. The molecule has 0 saturated carbocycles. The predicted octanol–water partition coefficient (Wildman–Crippen LogP) is 4.32. The minimum atomic E-state index is -0.562. The van der Waals surface area contributed by atoms with Crippen molar-refractivity contribution in [2.75, 3.05) is 19.7 Å². The maximum Gasteiger partial charge on any atom is 0.410 e. The predicted molar refractivity (Wildman–Crippen MR) is 120 cm³/mol. The fourth-order valence-electron chi connectivity index (χ4n) is 3.80. The second-order valence-electron chi connectivity index (χ2n) is 9.10. The number of morpholine rings is 1. The number of aromatic hydroxyl groups is 1. The Hall–Kier alpha value is -3.26. The van der Waals surface area contributed by atoms with Crippen LogP contribution in [0, 0.1) is 13.8 Å². The molecule has 1 N–H and O–H groups in total. The van der Waals surface area contributed by atoms with E-state index in [9.17, 15) is 9.90 Å². The highest BCUT2D eigenvalue weighted by molar-refractivity contribution is 5.78. The molecular weight excluding hydrogens is 408 g/mol. The summed E-state index contributed by atoms with van der Waals surface area (Å²) in [6, 6.07) is 7.39. The summed E-state index contributed by atoms with van der Waals surface area (Å²) < 4.78 is 11.4. The van der Waals surface area contributed by atoms with Crippen LogP contribution in [0.5, 0.6) is 5.75 Å². The molecule has 0 spiro atoms. The van der Waals surface area contributed by atoms with Crippen LogP contribution in [0.4, 0.5) is 4.79 Å². The van der Waals surface area contributed by atoms with Gasteiger partial charge in [0.1, 0.15) is 23.0 Å². The van der Waals surface area contributed by atoms with Gasteiger partial charge in [0.25, 0.3) is 0 Å².